The van der Waals surface area contributed by atoms with E-state index in [0.717, 1.165) is 0 Å². The lowest BCUT2D eigenvalue weighted by molar-refractivity contribution is 0.667. The van der Waals surface area contributed by atoms with Crippen LogP contribution in [0.15, 0.2) is 53.2 Å². The highest BCUT2D eigenvalue weighted by molar-refractivity contribution is 7.07. The average molecular weight is 246 g/mol. The molecule has 0 radical (unpaired) electrons. The van der Waals surface area contributed by atoms with E-state index in [1.807, 2.05) is 36.4 Å². The van der Waals surface area contributed by atoms with Crippen molar-refractivity contribution >= 4 is 11.3 Å². The quantitative estimate of drug-likeness (QED) is 0.606. The van der Waals surface area contributed by atoms with Gasteiger partial charge in [-0.3, -0.25) is 0 Å². The van der Waals surface area contributed by atoms with Crippen molar-refractivity contribution in [2.45, 2.75) is 39.0 Å². The van der Waals surface area contributed by atoms with Gasteiger partial charge in [-0.1, -0.05) is 62.6 Å². The minimum Gasteiger partial charge on any atom is -0.152 e. The van der Waals surface area contributed by atoms with Crippen LogP contribution in [-0.2, 0) is 6.42 Å². The minimum absolute atomic E-state index is 1.28. The summed E-state index contributed by atoms with van der Waals surface area (Å²) < 4.78 is 0. The van der Waals surface area contributed by atoms with Crippen LogP contribution in [0.1, 0.15) is 38.2 Å². The molecule has 2 rings (SSSR count). The van der Waals surface area contributed by atoms with Crippen molar-refractivity contribution in [3.8, 4) is 0 Å². The zero-order valence-corrected chi connectivity index (χ0v) is 11.5. The fourth-order valence-corrected chi connectivity index (χ4v) is 2.28. The maximum absolute atomic E-state index is 2.26. The third-order valence-electron chi connectivity index (χ3n) is 2.57. The van der Waals surface area contributed by atoms with Gasteiger partial charge in [0.15, 0.2) is 0 Å². The van der Waals surface area contributed by atoms with Gasteiger partial charge >= 0.3 is 0 Å². The first-order valence-electron chi connectivity index (χ1n) is 6.44. The van der Waals surface area contributed by atoms with E-state index in [2.05, 4.69) is 23.8 Å². The highest BCUT2D eigenvalue weighted by Gasteiger charge is 1.91. The summed E-state index contributed by atoms with van der Waals surface area (Å²) in [4.78, 5) is 0. The Morgan fingerprint density at radius 3 is 2.00 bits per heavy atom. The van der Waals surface area contributed by atoms with Gasteiger partial charge in [0.2, 0.25) is 0 Å². The van der Waals surface area contributed by atoms with E-state index >= 15 is 0 Å². The van der Waals surface area contributed by atoms with E-state index in [0.29, 0.717) is 0 Å². The first kappa shape index (κ1) is 14.0. The molecule has 0 amide bonds. The van der Waals surface area contributed by atoms with Crippen LogP contribution in [0.5, 0.6) is 0 Å². The molecule has 0 aliphatic carbocycles. The molecule has 0 atom stereocenters. The van der Waals surface area contributed by atoms with Gasteiger partial charge in [-0.25, -0.2) is 0 Å². The van der Waals surface area contributed by atoms with Crippen molar-refractivity contribution in [1.82, 2.24) is 0 Å². The number of hydrogen-bond donors (Lipinski definition) is 0. The Kier molecular flexibility index (Phi) is 8.31. The van der Waals surface area contributed by atoms with Gasteiger partial charge in [-0.2, -0.15) is 11.3 Å². The lowest BCUT2D eigenvalue weighted by Crippen LogP contribution is -1.81. The Labute approximate surface area is 109 Å². The number of hydrogen-bond acceptors (Lipinski definition) is 1. The average Bonchev–Trinajstić information content (AvgIpc) is 2.91. The van der Waals surface area contributed by atoms with E-state index in [-0.39, 0.29) is 0 Å². The summed E-state index contributed by atoms with van der Waals surface area (Å²) >= 11 is 1.80. The zero-order valence-electron chi connectivity index (χ0n) is 10.6. The highest BCUT2D eigenvalue weighted by Crippen LogP contribution is 2.10. The molecule has 0 aliphatic rings. The van der Waals surface area contributed by atoms with Crippen LogP contribution in [0, 0.1) is 0 Å². The standard InChI is InChI=1S/C10H16S.C6H6/c1-2-3-4-5-6-10-7-8-11-9-10;1-2-4-6-5-3-1/h7-9H,2-6H2,1H3;1-6H. The van der Waals surface area contributed by atoms with Crippen molar-refractivity contribution in [2.75, 3.05) is 0 Å². The fraction of sp³-hybridized carbons (Fsp3) is 0.375. The second-order valence-corrected chi connectivity index (χ2v) is 4.88. The Hall–Kier alpha value is -1.08. The monoisotopic (exact) mass is 246 g/mol. The molecule has 1 aromatic carbocycles. The summed E-state index contributed by atoms with van der Waals surface area (Å²) in [5, 5.41) is 4.42. The van der Waals surface area contributed by atoms with Gasteiger partial charge in [-0.05, 0) is 35.2 Å². The Balaban J connectivity index is 0.000000202. The van der Waals surface area contributed by atoms with Gasteiger partial charge in [0.25, 0.3) is 0 Å². The second kappa shape index (κ2) is 10.1. The first-order valence-corrected chi connectivity index (χ1v) is 7.39. The molecule has 92 valence electrons. The summed E-state index contributed by atoms with van der Waals surface area (Å²) in [6.45, 7) is 2.25. The zero-order chi connectivity index (χ0) is 12.2. The molecule has 0 saturated carbocycles. The molecule has 0 fully saturated rings. The van der Waals surface area contributed by atoms with E-state index in [1.165, 1.54) is 37.7 Å². The van der Waals surface area contributed by atoms with Gasteiger partial charge < -0.3 is 0 Å². The molecular formula is C16H22S. The van der Waals surface area contributed by atoms with Gasteiger partial charge in [0.1, 0.15) is 0 Å². The molecule has 2 aromatic rings. The topological polar surface area (TPSA) is 0 Å². The number of rotatable bonds is 5. The van der Waals surface area contributed by atoms with Crippen molar-refractivity contribution in [1.29, 1.82) is 0 Å². The third-order valence-corrected chi connectivity index (χ3v) is 3.30. The molecule has 17 heavy (non-hydrogen) atoms. The van der Waals surface area contributed by atoms with E-state index < -0.39 is 0 Å². The third kappa shape index (κ3) is 7.76. The smallest absolute Gasteiger partial charge is 0.00613 e. The van der Waals surface area contributed by atoms with E-state index in [9.17, 15) is 0 Å². The Bertz CT molecular complexity index is 310. The molecule has 0 nitrogen and oxygen atoms in total. The molecule has 1 aromatic heterocycles. The predicted octanol–water partition coefficient (Wildman–Crippen LogP) is 5.56. The molecule has 0 unspecified atom stereocenters. The molecule has 0 saturated heterocycles. The maximum atomic E-state index is 2.26. The SMILES string of the molecule is CCCCCCc1ccsc1.c1ccccc1. The number of unbranched alkanes of at least 4 members (excludes halogenated alkanes) is 3. The normalized spacial score (nSPS) is 9.47. The molecule has 1 heteroatoms. The van der Waals surface area contributed by atoms with Gasteiger partial charge in [0.05, 0.1) is 0 Å². The molecular weight excluding hydrogens is 224 g/mol. The molecule has 0 bridgehead atoms. The predicted molar refractivity (Wildman–Crippen MR) is 78.6 cm³/mol. The fourth-order valence-electron chi connectivity index (χ4n) is 1.58. The molecule has 1 heterocycles. The summed E-state index contributed by atoms with van der Waals surface area (Å²) in [6.07, 6.45) is 6.77. The number of thiophene rings is 1. The summed E-state index contributed by atoms with van der Waals surface area (Å²) in [7, 11) is 0. The summed E-state index contributed by atoms with van der Waals surface area (Å²) in [5.74, 6) is 0. The van der Waals surface area contributed by atoms with Crippen molar-refractivity contribution in [2.24, 2.45) is 0 Å². The van der Waals surface area contributed by atoms with Crippen LogP contribution in [0.3, 0.4) is 0 Å². The Morgan fingerprint density at radius 2 is 1.53 bits per heavy atom. The van der Waals surface area contributed by atoms with Crippen LogP contribution in [0.25, 0.3) is 0 Å². The minimum atomic E-state index is 1.28. The molecule has 0 spiro atoms. The summed E-state index contributed by atoms with van der Waals surface area (Å²) in [6, 6.07) is 14.2. The van der Waals surface area contributed by atoms with Crippen LogP contribution in [0.2, 0.25) is 0 Å². The van der Waals surface area contributed by atoms with E-state index in [4.69, 9.17) is 0 Å². The van der Waals surface area contributed by atoms with Gasteiger partial charge in [-0.15, -0.1) is 0 Å². The molecule has 0 N–H and O–H groups in total. The maximum Gasteiger partial charge on any atom is -0.00613 e. The van der Waals surface area contributed by atoms with Crippen LogP contribution >= 0.6 is 11.3 Å². The van der Waals surface area contributed by atoms with Crippen LogP contribution in [0.4, 0.5) is 0 Å². The highest BCUT2D eigenvalue weighted by atomic mass is 32.1. The second-order valence-electron chi connectivity index (χ2n) is 4.10. The van der Waals surface area contributed by atoms with Crippen molar-refractivity contribution < 1.29 is 0 Å². The number of aryl methyl sites for hydroxylation is 1. The van der Waals surface area contributed by atoms with Crippen LogP contribution in [-0.4, -0.2) is 0 Å². The largest absolute Gasteiger partial charge is 0.152 e. The summed E-state index contributed by atoms with van der Waals surface area (Å²) in [5.41, 5.74) is 1.52. The lowest BCUT2D eigenvalue weighted by Gasteiger charge is -1.96. The Morgan fingerprint density at radius 1 is 0.882 bits per heavy atom. The van der Waals surface area contributed by atoms with E-state index in [1.54, 1.807) is 11.3 Å². The van der Waals surface area contributed by atoms with Crippen molar-refractivity contribution in [3.63, 3.8) is 0 Å². The van der Waals surface area contributed by atoms with Gasteiger partial charge in [0, 0.05) is 0 Å². The van der Waals surface area contributed by atoms with Crippen LogP contribution < -0.4 is 0 Å². The van der Waals surface area contributed by atoms with Crippen molar-refractivity contribution in [3.05, 3.63) is 58.8 Å². The molecule has 0 aliphatic heterocycles. The first-order chi connectivity index (χ1) is 8.43. The number of benzene rings is 1. The lowest BCUT2D eigenvalue weighted by atomic mass is 10.1.